The fraction of sp³-hybridized carbons (Fsp3) is 1.00. The van der Waals surface area contributed by atoms with Crippen molar-refractivity contribution < 1.29 is 4.74 Å². The van der Waals surface area contributed by atoms with Gasteiger partial charge < -0.3 is 10.1 Å². The molecule has 1 atom stereocenters. The van der Waals surface area contributed by atoms with Crippen LogP contribution in [0, 0.1) is 0 Å². The lowest BCUT2D eigenvalue weighted by Gasteiger charge is -2.21. The highest BCUT2D eigenvalue weighted by Gasteiger charge is 2.13. The first-order valence-electron chi connectivity index (χ1n) is 6.25. The van der Waals surface area contributed by atoms with Crippen molar-refractivity contribution in [2.45, 2.75) is 50.8 Å². The predicted octanol–water partition coefficient (Wildman–Crippen LogP) is 2.68. The van der Waals surface area contributed by atoms with E-state index in [-0.39, 0.29) is 0 Å². The van der Waals surface area contributed by atoms with Gasteiger partial charge in [0.2, 0.25) is 0 Å². The Hall–Kier alpha value is 0.270. The van der Waals surface area contributed by atoms with Crippen LogP contribution in [0.1, 0.15) is 39.5 Å². The molecule has 1 N–H and O–H groups in total. The van der Waals surface area contributed by atoms with Gasteiger partial charge in [0.15, 0.2) is 0 Å². The van der Waals surface area contributed by atoms with Crippen LogP contribution in [0.3, 0.4) is 0 Å². The van der Waals surface area contributed by atoms with Crippen molar-refractivity contribution in [3.8, 4) is 0 Å². The molecule has 1 aliphatic heterocycles. The number of hydrogen-bond acceptors (Lipinski definition) is 3. The number of hydrogen-bond donors (Lipinski definition) is 1. The Morgan fingerprint density at radius 3 is 2.80 bits per heavy atom. The molecule has 0 bridgehead atoms. The second-order valence-electron chi connectivity index (χ2n) is 4.28. The van der Waals surface area contributed by atoms with E-state index >= 15 is 0 Å². The molecule has 0 aromatic rings. The minimum absolute atomic E-state index is 0.685. The molecule has 0 aromatic carbocycles. The van der Waals surface area contributed by atoms with Crippen LogP contribution in [-0.2, 0) is 4.74 Å². The van der Waals surface area contributed by atoms with Crippen molar-refractivity contribution in [2.24, 2.45) is 0 Å². The van der Waals surface area contributed by atoms with Crippen LogP contribution < -0.4 is 5.32 Å². The van der Waals surface area contributed by atoms with Crippen molar-refractivity contribution in [3.05, 3.63) is 0 Å². The second-order valence-corrected chi connectivity index (χ2v) is 5.69. The molecule has 15 heavy (non-hydrogen) atoms. The summed E-state index contributed by atoms with van der Waals surface area (Å²) >= 11 is 2.15. The van der Waals surface area contributed by atoms with E-state index in [2.05, 4.69) is 30.9 Å². The van der Waals surface area contributed by atoms with Crippen molar-refractivity contribution in [1.29, 1.82) is 0 Å². The third-order valence-corrected chi connectivity index (χ3v) is 4.32. The summed E-state index contributed by atoms with van der Waals surface area (Å²) in [7, 11) is 0. The molecule has 1 unspecified atom stereocenters. The van der Waals surface area contributed by atoms with E-state index < -0.39 is 0 Å². The lowest BCUT2D eigenvalue weighted by atomic mass is 10.2. The van der Waals surface area contributed by atoms with Gasteiger partial charge in [0.05, 0.1) is 0 Å². The standard InChI is InChI=1S/C12H25NOS/c1-3-13-11(2)5-4-10-15-12-6-8-14-9-7-12/h11-13H,3-10H2,1-2H3. The molecule has 0 saturated carbocycles. The summed E-state index contributed by atoms with van der Waals surface area (Å²) in [4.78, 5) is 0. The minimum Gasteiger partial charge on any atom is -0.381 e. The summed E-state index contributed by atoms with van der Waals surface area (Å²) in [6.45, 7) is 7.50. The van der Waals surface area contributed by atoms with Crippen LogP contribution in [0.5, 0.6) is 0 Å². The van der Waals surface area contributed by atoms with Gasteiger partial charge in [-0.05, 0) is 44.9 Å². The molecule has 1 saturated heterocycles. The van der Waals surface area contributed by atoms with Crippen molar-refractivity contribution in [1.82, 2.24) is 5.32 Å². The Bertz CT molecular complexity index is 149. The van der Waals surface area contributed by atoms with Gasteiger partial charge in [-0.15, -0.1) is 0 Å². The Balaban J connectivity index is 1.91. The molecule has 1 fully saturated rings. The number of nitrogens with one attached hydrogen (secondary N) is 1. The second kappa shape index (κ2) is 8.43. The smallest absolute Gasteiger partial charge is 0.0476 e. The van der Waals surface area contributed by atoms with Crippen molar-refractivity contribution in [3.63, 3.8) is 0 Å². The van der Waals surface area contributed by atoms with E-state index in [0.29, 0.717) is 6.04 Å². The molecule has 0 spiro atoms. The minimum atomic E-state index is 0.685. The van der Waals surface area contributed by atoms with Crippen LogP contribution in [0.25, 0.3) is 0 Å². The van der Waals surface area contributed by atoms with Gasteiger partial charge in [-0.1, -0.05) is 6.92 Å². The van der Waals surface area contributed by atoms with E-state index in [9.17, 15) is 0 Å². The molecular weight excluding hydrogens is 206 g/mol. The Morgan fingerprint density at radius 1 is 1.40 bits per heavy atom. The van der Waals surface area contributed by atoms with E-state index in [1.165, 1.54) is 31.4 Å². The maximum absolute atomic E-state index is 5.35. The predicted molar refractivity (Wildman–Crippen MR) is 68.7 cm³/mol. The van der Waals surface area contributed by atoms with Crippen molar-refractivity contribution >= 4 is 11.8 Å². The Labute approximate surface area is 98.5 Å². The zero-order valence-corrected chi connectivity index (χ0v) is 10.9. The summed E-state index contributed by atoms with van der Waals surface area (Å²) in [6.07, 6.45) is 5.17. The van der Waals surface area contributed by atoms with Crippen LogP contribution in [0.4, 0.5) is 0 Å². The average molecular weight is 231 g/mol. The van der Waals surface area contributed by atoms with Gasteiger partial charge in [0.25, 0.3) is 0 Å². The molecule has 1 rings (SSSR count). The zero-order chi connectivity index (χ0) is 10.9. The first-order valence-corrected chi connectivity index (χ1v) is 7.30. The van der Waals surface area contributed by atoms with E-state index in [1.54, 1.807) is 0 Å². The van der Waals surface area contributed by atoms with E-state index in [1.807, 2.05) is 0 Å². The molecular formula is C12H25NOS. The van der Waals surface area contributed by atoms with Gasteiger partial charge in [0.1, 0.15) is 0 Å². The first-order chi connectivity index (χ1) is 7.33. The lowest BCUT2D eigenvalue weighted by molar-refractivity contribution is 0.100. The highest BCUT2D eigenvalue weighted by Crippen LogP contribution is 2.22. The molecule has 0 radical (unpaired) electrons. The SMILES string of the molecule is CCNC(C)CCCSC1CCOCC1. The molecule has 2 nitrogen and oxygen atoms in total. The topological polar surface area (TPSA) is 21.3 Å². The normalized spacial score (nSPS) is 20.4. The Kier molecular flexibility index (Phi) is 7.49. The van der Waals surface area contributed by atoms with Gasteiger partial charge in [-0.3, -0.25) is 0 Å². The summed E-state index contributed by atoms with van der Waals surface area (Å²) in [5.74, 6) is 1.32. The first kappa shape index (κ1) is 13.3. The van der Waals surface area contributed by atoms with Gasteiger partial charge >= 0.3 is 0 Å². The summed E-state index contributed by atoms with van der Waals surface area (Å²) < 4.78 is 5.35. The molecule has 0 amide bonds. The lowest BCUT2D eigenvalue weighted by Crippen LogP contribution is -2.25. The molecule has 1 heterocycles. The summed E-state index contributed by atoms with van der Waals surface area (Å²) in [5, 5.41) is 4.32. The summed E-state index contributed by atoms with van der Waals surface area (Å²) in [5.41, 5.74) is 0. The fourth-order valence-electron chi connectivity index (χ4n) is 1.93. The highest BCUT2D eigenvalue weighted by atomic mass is 32.2. The molecule has 0 aromatic heterocycles. The monoisotopic (exact) mass is 231 g/mol. The molecule has 3 heteroatoms. The molecule has 90 valence electrons. The third kappa shape index (κ3) is 6.44. The molecule has 0 aliphatic carbocycles. The maximum atomic E-state index is 5.35. The number of thioether (sulfide) groups is 1. The molecule has 1 aliphatic rings. The largest absolute Gasteiger partial charge is 0.381 e. The summed E-state index contributed by atoms with van der Waals surface area (Å²) in [6, 6.07) is 0.685. The highest BCUT2D eigenvalue weighted by molar-refractivity contribution is 7.99. The van der Waals surface area contributed by atoms with Crippen LogP contribution in [0.2, 0.25) is 0 Å². The maximum Gasteiger partial charge on any atom is 0.0476 e. The van der Waals surface area contributed by atoms with E-state index in [0.717, 1.165) is 25.0 Å². The van der Waals surface area contributed by atoms with Crippen LogP contribution in [-0.4, -0.2) is 36.8 Å². The van der Waals surface area contributed by atoms with E-state index in [4.69, 9.17) is 4.74 Å². The zero-order valence-electron chi connectivity index (χ0n) is 10.1. The van der Waals surface area contributed by atoms with Crippen LogP contribution in [0.15, 0.2) is 0 Å². The van der Waals surface area contributed by atoms with Gasteiger partial charge in [-0.2, -0.15) is 11.8 Å². The number of rotatable bonds is 7. The number of ether oxygens (including phenoxy) is 1. The van der Waals surface area contributed by atoms with Crippen molar-refractivity contribution in [2.75, 3.05) is 25.5 Å². The quantitative estimate of drug-likeness (QED) is 0.681. The van der Waals surface area contributed by atoms with Crippen LogP contribution >= 0.6 is 11.8 Å². The van der Waals surface area contributed by atoms with Gasteiger partial charge in [0, 0.05) is 24.5 Å². The Morgan fingerprint density at radius 2 is 2.13 bits per heavy atom. The third-order valence-electron chi connectivity index (χ3n) is 2.86. The van der Waals surface area contributed by atoms with Gasteiger partial charge in [-0.25, -0.2) is 0 Å². The average Bonchev–Trinajstić information content (AvgIpc) is 2.26. The fourth-order valence-corrected chi connectivity index (χ4v) is 3.13.